The van der Waals surface area contributed by atoms with Crippen molar-refractivity contribution < 1.29 is 4.52 Å². The summed E-state index contributed by atoms with van der Waals surface area (Å²) in [5, 5.41) is 8.60. The third kappa shape index (κ3) is 4.57. The summed E-state index contributed by atoms with van der Waals surface area (Å²) in [6.45, 7) is 9.98. The van der Waals surface area contributed by atoms with E-state index in [1.807, 2.05) is 6.07 Å². The molecule has 0 aromatic heterocycles. The van der Waals surface area contributed by atoms with E-state index in [1.54, 1.807) is 6.92 Å². The van der Waals surface area contributed by atoms with Gasteiger partial charge in [0.05, 0.1) is 6.07 Å². The van der Waals surface area contributed by atoms with Crippen LogP contribution in [0.25, 0.3) is 0 Å². The van der Waals surface area contributed by atoms with E-state index in [4.69, 9.17) is 21.0 Å². The van der Waals surface area contributed by atoms with Gasteiger partial charge in [-0.05, 0) is 45.9 Å². The molecule has 0 spiro atoms. The smallest absolute Gasteiger partial charge is 0.208 e. The average Bonchev–Trinajstić information content (AvgIpc) is 2.02. The average molecular weight is 237 g/mol. The molecule has 5 heteroatoms. The summed E-state index contributed by atoms with van der Waals surface area (Å²) >= 11 is 6.13. The SMILES string of the molecule is CC(C)N(C(C)C)P(Cl)O[C@@H](C)C#N. The molecule has 0 amide bonds. The normalized spacial score (nSPS) is 16.0. The quantitative estimate of drug-likeness (QED) is 0.686. The lowest BCUT2D eigenvalue weighted by molar-refractivity contribution is 0.243. The monoisotopic (exact) mass is 236 g/mol. The second kappa shape index (κ2) is 6.58. The maximum absolute atomic E-state index is 8.60. The van der Waals surface area contributed by atoms with Crippen molar-refractivity contribution in [2.45, 2.75) is 52.8 Å². The van der Waals surface area contributed by atoms with Gasteiger partial charge in [-0.15, -0.1) is 0 Å². The Morgan fingerprint density at radius 2 is 1.64 bits per heavy atom. The van der Waals surface area contributed by atoms with Gasteiger partial charge in [0.2, 0.25) is 7.65 Å². The zero-order valence-corrected chi connectivity index (χ0v) is 11.0. The fraction of sp³-hybridized carbons (Fsp3) is 0.889. The van der Waals surface area contributed by atoms with Crippen LogP contribution in [-0.4, -0.2) is 22.9 Å². The van der Waals surface area contributed by atoms with Crippen molar-refractivity contribution in [2.75, 3.05) is 0 Å². The van der Waals surface area contributed by atoms with E-state index in [9.17, 15) is 0 Å². The first-order valence-corrected chi connectivity index (χ1v) is 6.82. The molecule has 1 unspecified atom stereocenters. The zero-order valence-electron chi connectivity index (χ0n) is 9.36. The van der Waals surface area contributed by atoms with Gasteiger partial charge in [0.1, 0.15) is 6.10 Å². The van der Waals surface area contributed by atoms with E-state index in [0.717, 1.165) is 0 Å². The minimum absolute atomic E-state index is 0.324. The number of nitrogens with zero attached hydrogens (tertiary/aromatic N) is 2. The zero-order chi connectivity index (χ0) is 11.3. The molecule has 0 aliphatic heterocycles. The Kier molecular flexibility index (Phi) is 6.64. The van der Waals surface area contributed by atoms with Crippen LogP contribution in [0.2, 0.25) is 0 Å². The molecular formula is C9H18ClN2OP. The lowest BCUT2D eigenvalue weighted by Gasteiger charge is -2.33. The minimum Gasteiger partial charge on any atom is -0.313 e. The summed E-state index contributed by atoms with van der Waals surface area (Å²) in [7, 11) is -1.19. The molecule has 0 saturated carbocycles. The Morgan fingerprint density at radius 1 is 1.21 bits per heavy atom. The van der Waals surface area contributed by atoms with Crippen molar-refractivity contribution in [1.82, 2.24) is 4.67 Å². The van der Waals surface area contributed by atoms with Gasteiger partial charge in [0, 0.05) is 12.1 Å². The van der Waals surface area contributed by atoms with Crippen molar-refractivity contribution in [3.63, 3.8) is 0 Å². The fourth-order valence-corrected chi connectivity index (χ4v) is 3.72. The second-order valence-electron chi connectivity index (χ2n) is 3.67. The van der Waals surface area contributed by atoms with Crippen LogP contribution in [0.15, 0.2) is 0 Å². The number of rotatable bonds is 5. The summed E-state index contributed by atoms with van der Waals surface area (Å²) in [4.78, 5) is 0. The van der Waals surface area contributed by atoms with Gasteiger partial charge in [0.15, 0.2) is 0 Å². The first-order chi connectivity index (χ1) is 6.40. The van der Waals surface area contributed by atoms with Gasteiger partial charge in [-0.2, -0.15) is 5.26 Å². The van der Waals surface area contributed by atoms with E-state index >= 15 is 0 Å². The van der Waals surface area contributed by atoms with Crippen molar-refractivity contribution in [3.8, 4) is 6.07 Å². The molecule has 82 valence electrons. The number of halogens is 1. The Labute approximate surface area is 92.7 Å². The minimum atomic E-state index is -1.19. The number of hydrogen-bond donors (Lipinski definition) is 0. The largest absolute Gasteiger partial charge is 0.313 e. The molecule has 0 bridgehead atoms. The molecule has 2 atom stereocenters. The lowest BCUT2D eigenvalue weighted by Crippen LogP contribution is -2.32. The van der Waals surface area contributed by atoms with E-state index in [1.165, 1.54) is 0 Å². The molecule has 0 fully saturated rings. The summed E-state index contributed by atoms with van der Waals surface area (Å²) in [5.74, 6) is 0. The van der Waals surface area contributed by atoms with Gasteiger partial charge in [-0.25, -0.2) is 4.67 Å². The molecule has 0 N–H and O–H groups in total. The van der Waals surface area contributed by atoms with Crippen LogP contribution in [0.4, 0.5) is 0 Å². The molecule has 0 saturated heterocycles. The molecule has 0 radical (unpaired) electrons. The first-order valence-electron chi connectivity index (χ1n) is 4.70. The highest BCUT2D eigenvalue weighted by atomic mass is 35.7. The van der Waals surface area contributed by atoms with Crippen LogP contribution in [0.5, 0.6) is 0 Å². The van der Waals surface area contributed by atoms with Crippen LogP contribution >= 0.6 is 18.9 Å². The van der Waals surface area contributed by atoms with Crippen molar-refractivity contribution in [3.05, 3.63) is 0 Å². The topological polar surface area (TPSA) is 36.3 Å². The molecule has 14 heavy (non-hydrogen) atoms. The highest BCUT2D eigenvalue weighted by Crippen LogP contribution is 2.50. The molecule has 0 aromatic carbocycles. The molecular weight excluding hydrogens is 219 g/mol. The Morgan fingerprint density at radius 3 is 1.93 bits per heavy atom. The van der Waals surface area contributed by atoms with E-state index in [0.29, 0.717) is 12.1 Å². The third-order valence-corrected chi connectivity index (χ3v) is 4.21. The van der Waals surface area contributed by atoms with Crippen LogP contribution in [0.3, 0.4) is 0 Å². The van der Waals surface area contributed by atoms with Gasteiger partial charge in [-0.3, -0.25) is 0 Å². The number of nitriles is 1. The highest BCUT2D eigenvalue weighted by Gasteiger charge is 2.25. The fourth-order valence-electron chi connectivity index (χ4n) is 1.17. The van der Waals surface area contributed by atoms with Crippen LogP contribution < -0.4 is 0 Å². The molecule has 0 heterocycles. The second-order valence-corrected chi connectivity index (χ2v) is 5.66. The molecule has 0 rings (SSSR count). The third-order valence-electron chi connectivity index (χ3n) is 1.67. The van der Waals surface area contributed by atoms with Crippen molar-refractivity contribution in [2.24, 2.45) is 0 Å². The predicted molar refractivity (Wildman–Crippen MR) is 61.0 cm³/mol. The summed E-state index contributed by atoms with van der Waals surface area (Å²) in [5.41, 5.74) is 0. The molecule has 0 aliphatic rings. The van der Waals surface area contributed by atoms with E-state index in [-0.39, 0.29) is 0 Å². The van der Waals surface area contributed by atoms with Gasteiger partial charge < -0.3 is 4.52 Å². The summed E-state index contributed by atoms with van der Waals surface area (Å²) in [6.07, 6.45) is -0.446. The molecule has 3 nitrogen and oxygen atoms in total. The Bertz CT molecular complexity index is 197. The standard InChI is InChI=1S/C9H18ClN2OP/c1-7(2)12(8(3)4)14(10)13-9(5)6-11/h7-9H,1-5H3/t9-,14?/m0/s1. The van der Waals surface area contributed by atoms with E-state index < -0.39 is 13.8 Å². The van der Waals surface area contributed by atoms with Crippen molar-refractivity contribution >= 4 is 18.9 Å². The first kappa shape index (κ1) is 14.1. The van der Waals surface area contributed by atoms with Gasteiger partial charge in [-0.1, -0.05) is 0 Å². The van der Waals surface area contributed by atoms with Crippen LogP contribution in [0, 0.1) is 11.3 Å². The van der Waals surface area contributed by atoms with Gasteiger partial charge >= 0.3 is 0 Å². The molecule has 0 aromatic rings. The van der Waals surface area contributed by atoms with Gasteiger partial charge in [0.25, 0.3) is 0 Å². The predicted octanol–water partition coefficient (Wildman–Crippen LogP) is 3.50. The summed E-state index contributed by atoms with van der Waals surface area (Å²) < 4.78 is 7.45. The highest BCUT2D eigenvalue weighted by molar-refractivity contribution is 7.78. The molecule has 0 aliphatic carbocycles. The Balaban J connectivity index is 4.31. The lowest BCUT2D eigenvalue weighted by atomic mass is 10.3. The van der Waals surface area contributed by atoms with E-state index in [2.05, 4.69) is 32.4 Å². The maximum Gasteiger partial charge on any atom is 0.208 e. The van der Waals surface area contributed by atoms with Crippen LogP contribution in [0.1, 0.15) is 34.6 Å². The number of hydrogen-bond acceptors (Lipinski definition) is 3. The Hall–Kier alpha value is 0.130. The summed E-state index contributed by atoms with van der Waals surface area (Å²) in [6, 6.07) is 2.66. The maximum atomic E-state index is 8.60. The van der Waals surface area contributed by atoms with Crippen LogP contribution in [-0.2, 0) is 4.52 Å². The van der Waals surface area contributed by atoms with Crippen molar-refractivity contribution in [1.29, 1.82) is 5.26 Å².